The minimum Gasteiger partial charge on any atom is -0.464 e. The molecule has 4 nitrogen and oxygen atoms in total. The Kier molecular flexibility index (Phi) is 5.92. The van der Waals surface area contributed by atoms with Crippen LogP contribution in [0, 0.1) is 5.92 Å². The molecule has 0 amide bonds. The van der Waals surface area contributed by atoms with E-state index in [2.05, 4.69) is 35.8 Å². The van der Waals surface area contributed by atoms with Gasteiger partial charge in [-0.25, -0.2) is 4.79 Å². The van der Waals surface area contributed by atoms with Crippen molar-refractivity contribution in [2.45, 2.75) is 46.2 Å². The minimum absolute atomic E-state index is 0.325. The van der Waals surface area contributed by atoms with Gasteiger partial charge >= 0.3 is 5.97 Å². The van der Waals surface area contributed by atoms with Crippen molar-refractivity contribution in [3.63, 3.8) is 0 Å². The van der Waals surface area contributed by atoms with Crippen LogP contribution in [0.4, 0.5) is 0 Å². The molecule has 2 unspecified atom stereocenters. The molecule has 0 fully saturated rings. The third-order valence-electron chi connectivity index (χ3n) is 3.25. The molecule has 1 rings (SSSR count). The lowest BCUT2D eigenvalue weighted by atomic mass is 10.0. The van der Waals surface area contributed by atoms with Gasteiger partial charge < -0.3 is 15.0 Å². The Bertz CT molecular complexity index is 374. The first-order valence-electron chi connectivity index (χ1n) is 6.56. The number of carbonyl (C=O) groups excluding carboxylic acids is 1. The van der Waals surface area contributed by atoms with Gasteiger partial charge in [-0.1, -0.05) is 20.3 Å². The third kappa shape index (κ3) is 4.53. The SMILES string of the molecule is CCC(C)CC(C)NCc1ccc(C(=O)OC)[nH]1. The quantitative estimate of drug-likeness (QED) is 0.734. The van der Waals surface area contributed by atoms with E-state index in [4.69, 9.17) is 0 Å². The third-order valence-corrected chi connectivity index (χ3v) is 3.25. The fourth-order valence-electron chi connectivity index (χ4n) is 1.91. The van der Waals surface area contributed by atoms with Gasteiger partial charge in [-0.05, 0) is 31.4 Å². The van der Waals surface area contributed by atoms with Crippen LogP contribution >= 0.6 is 0 Å². The predicted octanol–water partition coefficient (Wildman–Crippen LogP) is 2.72. The van der Waals surface area contributed by atoms with Crippen LogP contribution in [0.2, 0.25) is 0 Å². The molecule has 0 spiro atoms. The summed E-state index contributed by atoms with van der Waals surface area (Å²) in [4.78, 5) is 14.3. The Morgan fingerprint density at radius 1 is 1.44 bits per heavy atom. The molecular weight excluding hydrogens is 228 g/mol. The van der Waals surface area contributed by atoms with Crippen LogP contribution < -0.4 is 5.32 Å². The average Bonchev–Trinajstić information content (AvgIpc) is 2.84. The Balaban J connectivity index is 2.39. The van der Waals surface area contributed by atoms with Crippen molar-refractivity contribution in [2.24, 2.45) is 5.92 Å². The number of aromatic nitrogens is 1. The van der Waals surface area contributed by atoms with Crippen molar-refractivity contribution in [1.29, 1.82) is 0 Å². The molecule has 1 aromatic rings. The molecule has 2 atom stereocenters. The van der Waals surface area contributed by atoms with Crippen LogP contribution in [0.25, 0.3) is 0 Å². The van der Waals surface area contributed by atoms with Crippen LogP contribution in [0.15, 0.2) is 12.1 Å². The van der Waals surface area contributed by atoms with Gasteiger partial charge in [0, 0.05) is 18.3 Å². The second-order valence-electron chi connectivity index (χ2n) is 4.92. The molecule has 18 heavy (non-hydrogen) atoms. The number of aromatic amines is 1. The van der Waals surface area contributed by atoms with E-state index in [0.717, 1.165) is 18.2 Å². The molecule has 2 N–H and O–H groups in total. The summed E-state index contributed by atoms with van der Waals surface area (Å²) in [5.74, 6) is 0.413. The number of H-pyrrole nitrogens is 1. The molecule has 0 saturated heterocycles. The second-order valence-corrected chi connectivity index (χ2v) is 4.92. The molecule has 0 aliphatic carbocycles. The highest BCUT2D eigenvalue weighted by molar-refractivity contribution is 5.87. The summed E-state index contributed by atoms with van der Waals surface area (Å²) >= 11 is 0. The highest BCUT2D eigenvalue weighted by Crippen LogP contribution is 2.10. The second kappa shape index (κ2) is 7.21. The van der Waals surface area contributed by atoms with E-state index >= 15 is 0 Å². The van der Waals surface area contributed by atoms with Gasteiger partial charge in [0.2, 0.25) is 0 Å². The Hall–Kier alpha value is -1.29. The van der Waals surface area contributed by atoms with E-state index in [1.165, 1.54) is 20.0 Å². The van der Waals surface area contributed by atoms with Crippen LogP contribution in [-0.2, 0) is 11.3 Å². The van der Waals surface area contributed by atoms with E-state index < -0.39 is 0 Å². The van der Waals surface area contributed by atoms with E-state index in [9.17, 15) is 4.79 Å². The van der Waals surface area contributed by atoms with Gasteiger partial charge in [0.25, 0.3) is 0 Å². The van der Waals surface area contributed by atoms with Gasteiger partial charge in [0.15, 0.2) is 0 Å². The number of hydrogen-bond donors (Lipinski definition) is 2. The van der Waals surface area contributed by atoms with E-state index in [-0.39, 0.29) is 5.97 Å². The van der Waals surface area contributed by atoms with Crippen molar-refractivity contribution < 1.29 is 9.53 Å². The van der Waals surface area contributed by atoms with Crippen molar-refractivity contribution in [1.82, 2.24) is 10.3 Å². The first kappa shape index (κ1) is 14.8. The zero-order valence-corrected chi connectivity index (χ0v) is 11.7. The van der Waals surface area contributed by atoms with Crippen LogP contribution in [0.1, 0.15) is 49.8 Å². The molecule has 102 valence electrons. The molecular formula is C14H24N2O2. The number of carbonyl (C=O) groups is 1. The normalized spacial score (nSPS) is 14.2. The zero-order chi connectivity index (χ0) is 13.5. The maximum atomic E-state index is 11.3. The maximum Gasteiger partial charge on any atom is 0.354 e. The Morgan fingerprint density at radius 3 is 2.78 bits per heavy atom. The molecule has 0 radical (unpaired) electrons. The van der Waals surface area contributed by atoms with Crippen molar-refractivity contribution in [3.05, 3.63) is 23.5 Å². The predicted molar refractivity (Wildman–Crippen MR) is 72.5 cm³/mol. The van der Waals surface area contributed by atoms with Gasteiger partial charge in [-0.15, -0.1) is 0 Å². The summed E-state index contributed by atoms with van der Waals surface area (Å²) < 4.78 is 4.65. The number of rotatable bonds is 7. The molecule has 0 aliphatic heterocycles. The highest BCUT2D eigenvalue weighted by atomic mass is 16.5. The molecule has 4 heteroatoms. The van der Waals surface area contributed by atoms with E-state index in [1.54, 1.807) is 6.07 Å². The molecule has 0 aliphatic rings. The fourth-order valence-corrected chi connectivity index (χ4v) is 1.91. The van der Waals surface area contributed by atoms with Gasteiger partial charge in [-0.2, -0.15) is 0 Å². The number of methoxy groups -OCH3 is 1. The standard InChI is InChI=1S/C14H24N2O2/c1-5-10(2)8-11(3)15-9-12-6-7-13(16-12)14(17)18-4/h6-7,10-11,15-16H,5,8-9H2,1-4H3. The fraction of sp³-hybridized carbons (Fsp3) is 0.643. The number of nitrogens with one attached hydrogen (secondary N) is 2. The first-order chi connectivity index (χ1) is 8.56. The van der Waals surface area contributed by atoms with E-state index in [0.29, 0.717) is 11.7 Å². The zero-order valence-electron chi connectivity index (χ0n) is 11.7. The lowest BCUT2D eigenvalue weighted by molar-refractivity contribution is 0.0594. The van der Waals surface area contributed by atoms with Crippen molar-refractivity contribution in [3.8, 4) is 0 Å². The van der Waals surface area contributed by atoms with E-state index in [1.807, 2.05) is 6.07 Å². The van der Waals surface area contributed by atoms with Crippen LogP contribution in [0.3, 0.4) is 0 Å². The van der Waals surface area contributed by atoms with Crippen molar-refractivity contribution in [2.75, 3.05) is 7.11 Å². The summed E-state index contributed by atoms with van der Waals surface area (Å²) in [7, 11) is 1.38. The Morgan fingerprint density at radius 2 is 2.17 bits per heavy atom. The minimum atomic E-state index is -0.325. The number of hydrogen-bond acceptors (Lipinski definition) is 3. The Labute approximate surface area is 109 Å². The highest BCUT2D eigenvalue weighted by Gasteiger charge is 2.09. The lowest BCUT2D eigenvalue weighted by Crippen LogP contribution is -2.27. The maximum absolute atomic E-state index is 11.3. The largest absolute Gasteiger partial charge is 0.464 e. The van der Waals surface area contributed by atoms with Crippen LogP contribution in [0.5, 0.6) is 0 Å². The summed E-state index contributed by atoms with van der Waals surface area (Å²) in [5.41, 5.74) is 1.51. The summed E-state index contributed by atoms with van der Waals surface area (Å²) in [6, 6.07) is 4.14. The van der Waals surface area contributed by atoms with Crippen molar-refractivity contribution >= 4 is 5.97 Å². The number of ether oxygens (including phenoxy) is 1. The number of esters is 1. The smallest absolute Gasteiger partial charge is 0.354 e. The van der Waals surface area contributed by atoms with Gasteiger partial charge in [-0.3, -0.25) is 0 Å². The molecule has 1 heterocycles. The molecule has 0 bridgehead atoms. The first-order valence-corrected chi connectivity index (χ1v) is 6.56. The molecule has 0 saturated carbocycles. The molecule has 1 aromatic heterocycles. The molecule has 0 aromatic carbocycles. The summed E-state index contributed by atoms with van der Waals surface area (Å²) in [5, 5.41) is 3.45. The monoisotopic (exact) mass is 252 g/mol. The summed E-state index contributed by atoms with van der Waals surface area (Å²) in [6.45, 7) is 7.41. The van der Waals surface area contributed by atoms with Gasteiger partial charge in [0.1, 0.15) is 5.69 Å². The van der Waals surface area contributed by atoms with Crippen LogP contribution in [-0.4, -0.2) is 24.1 Å². The summed E-state index contributed by atoms with van der Waals surface area (Å²) in [6.07, 6.45) is 2.38. The topological polar surface area (TPSA) is 54.1 Å². The van der Waals surface area contributed by atoms with Gasteiger partial charge in [0.05, 0.1) is 7.11 Å². The average molecular weight is 252 g/mol. The lowest BCUT2D eigenvalue weighted by Gasteiger charge is -2.17.